The molecule has 0 saturated carbocycles. The molecule has 0 aliphatic carbocycles. The summed E-state index contributed by atoms with van der Waals surface area (Å²) >= 11 is 6.24. The Morgan fingerprint density at radius 3 is 2.66 bits per heavy atom. The average Bonchev–Trinajstić information content (AvgIpc) is 2.69. The summed E-state index contributed by atoms with van der Waals surface area (Å²) in [7, 11) is -3.31. The van der Waals surface area contributed by atoms with Crippen molar-refractivity contribution in [3.05, 3.63) is 57.2 Å². The van der Waals surface area contributed by atoms with E-state index < -0.39 is 36.7 Å². The fourth-order valence-electron chi connectivity index (χ4n) is 3.91. The molecule has 1 saturated heterocycles. The number of benzene rings is 2. The lowest BCUT2D eigenvalue weighted by molar-refractivity contribution is 0.0544. The molecule has 0 amide bonds. The van der Waals surface area contributed by atoms with Gasteiger partial charge in [0.25, 0.3) is 0 Å². The number of phenols is 2. The lowest BCUT2D eigenvalue weighted by atomic mass is 9.85. The maximum atomic E-state index is 12.9. The van der Waals surface area contributed by atoms with Gasteiger partial charge < -0.3 is 29.3 Å². The molecular formula is C21H21ClNO8P. The molecule has 1 fully saturated rings. The number of hydrogen-bond acceptors (Lipinski definition) is 7. The largest absolute Gasteiger partial charge is 0.507 e. The molecule has 32 heavy (non-hydrogen) atoms. The Labute approximate surface area is 189 Å². The summed E-state index contributed by atoms with van der Waals surface area (Å²) in [5, 5.41) is 21.2. The van der Waals surface area contributed by atoms with Crippen LogP contribution in [0.1, 0.15) is 19.2 Å². The topological polar surface area (TPSA) is 141 Å². The van der Waals surface area contributed by atoms with Gasteiger partial charge >= 0.3 is 7.82 Å². The maximum absolute atomic E-state index is 12.9. The number of likely N-dealkylation sites (tertiary alicyclic amines) is 1. The van der Waals surface area contributed by atoms with E-state index in [0.717, 1.165) is 12.1 Å². The van der Waals surface area contributed by atoms with Crippen molar-refractivity contribution in [2.24, 2.45) is 0 Å². The Kier molecular flexibility index (Phi) is 5.71. The second kappa shape index (κ2) is 8.51. The van der Waals surface area contributed by atoms with Crippen LogP contribution in [0, 0.1) is 0 Å². The van der Waals surface area contributed by atoms with Gasteiger partial charge in [-0.15, -0.1) is 0 Å². The zero-order valence-electron chi connectivity index (χ0n) is 17.9. The molecule has 1 aromatic heterocycles. The Morgan fingerprint density at radius 1 is 1.25 bits per heavy atom. The molecule has 2 heterocycles. The van der Waals surface area contributed by atoms with Gasteiger partial charge in [-0.05, 0) is 32.1 Å². The summed E-state index contributed by atoms with van der Waals surface area (Å²) in [6.45, 7) is 0.297. The highest BCUT2D eigenvalue weighted by molar-refractivity contribution is 7.46. The van der Waals surface area contributed by atoms with E-state index in [-0.39, 0.29) is 40.3 Å². The summed E-state index contributed by atoms with van der Waals surface area (Å²) < 4.78 is 31.7. The second-order valence-electron chi connectivity index (χ2n) is 7.57. The minimum absolute atomic E-state index is 0.0123. The number of phosphoric ester groups is 1. The van der Waals surface area contributed by atoms with Crippen molar-refractivity contribution in [3.63, 3.8) is 0 Å². The predicted octanol–water partition coefficient (Wildman–Crippen LogP) is 3.42. The van der Waals surface area contributed by atoms with Crippen molar-refractivity contribution in [2.75, 3.05) is 20.1 Å². The maximum Gasteiger partial charge on any atom is 0.469 e. The van der Waals surface area contributed by atoms with E-state index in [1.165, 1.54) is 0 Å². The number of phenolic OH excluding ortho intramolecular Hbond substituents is 2. The lowest BCUT2D eigenvalue weighted by Crippen LogP contribution is -2.41. The third-order valence-corrected chi connectivity index (χ3v) is 6.17. The molecule has 4 rings (SSSR count). The summed E-state index contributed by atoms with van der Waals surface area (Å²) in [6, 6.07) is 8.62. The van der Waals surface area contributed by atoms with E-state index in [0.29, 0.717) is 12.1 Å². The SMILES string of the molecule is [2H]C1(c2c(O)cc(O)c3c(=O)cc(-c4ccccc4Cl)oc23)CCN(C)CC1OP(=O)(O)O. The van der Waals surface area contributed by atoms with Crippen LogP contribution in [-0.4, -0.2) is 51.1 Å². The number of piperidine rings is 1. The quantitative estimate of drug-likeness (QED) is 0.411. The van der Waals surface area contributed by atoms with Crippen LogP contribution in [0.25, 0.3) is 22.3 Å². The third kappa shape index (κ3) is 4.41. The first-order chi connectivity index (χ1) is 15.4. The number of fused-ring (bicyclic) bond motifs is 1. The van der Waals surface area contributed by atoms with Gasteiger partial charge in [0.15, 0.2) is 5.43 Å². The number of rotatable bonds is 4. The van der Waals surface area contributed by atoms with Crippen LogP contribution in [0.3, 0.4) is 0 Å². The van der Waals surface area contributed by atoms with Gasteiger partial charge in [0.05, 0.1) is 11.1 Å². The van der Waals surface area contributed by atoms with Crippen molar-refractivity contribution in [1.29, 1.82) is 0 Å². The fourth-order valence-corrected chi connectivity index (χ4v) is 4.67. The van der Waals surface area contributed by atoms with Crippen LogP contribution >= 0.6 is 19.4 Å². The highest BCUT2D eigenvalue weighted by atomic mass is 35.5. The number of nitrogens with zero attached hydrogens (tertiary/aromatic N) is 1. The molecule has 3 aromatic rings. The van der Waals surface area contributed by atoms with Crippen molar-refractivity contribution in [2.45, 2.75) is 18.4 Å². The van der Waals surface area contributed by atoms with Gasteiger partial charge in [-0.25, -0.2) is 4.57 Å². The first-order valence-corrected chi connectivity index (χ1v) is 11.5. The molecule has 1 aliphatic heterocycles. The van der Waals surface area contributed by atoms with Crippen molar-refractivity contribution < 1.29 is 34.9 Å². The van der Waals surface area contributed by atoms with E-state index >= 15 is 0 Å². The summed E-state index contributed by atoms with van der Waals surface area (Å²) in [6.07, 6.45) is -1.40. The molecule has 0 radical (unpaired) electrons. The van der Waals surface area contributed by atoms with E-state index in [2.05, 4.69) is 0 Å². The van der Waals surface area contributed by atoms with Crippen LogP contribution in [0.2, 0.25) is 5.02 Å². The number of aromatic hydroxyl groups is 2. The Balaban J connectivity index is 2.03. The summed E-state index contributed by atoms with van der Waals surface area (Å²) in [4.78, 5) is 33.5. The third-order valence-electron chi connectivity index (χ3n) is 5.31. The average molecular weight is 483 g/mol. The molecule has 2 atom stereocenters. The van der Waals surface area contributed by atoms with E-state index in [4.69, 9.17) is 21.9 Å². The standard InChI is InChI=1S/C21H21ClNO8P/c1-23-7-6-12(18(10-23)31-32(27,28)29)19-14(24)8-15(25)20-16(26)9-17(30-21(19)20)11-4-2-3-5-13(11)22/h2-5,8-9,12,18,24-25H,6-7,10H2,1H3,(H2,27,28,29)/i12D. The highest BCUT2D eigenvalue weighted by Gasteiger charge is 2.38. The Hall–Kier alpha value is -2.39. The van der Waals surface area contributed by atoms with E-state index in [1.807, 2.05) is 0 Å². The van der Waals surface area contributed by atoms with Gasteiger partial charge in [0, 0.05) is 37.1 Å². The fraction of sp³-hybridized carbons (Fsp3) is 0.286. The zero-order valence-corrected chi connectivity index (χ0v) is 18.5. The van der Waals surface area contributed by atoms with E-state index in [1.54, 1.807) is 36.2 Å². The van der Waals surface area contributed by atoms with Gasteiger partial charge in [-0.1, -0.05) is 23.7 Å². The van der Waals surface area contributed by atoms with Crippen molar-refractivity contribution in [1.82, 2.24) is 4.90 Å². The number of phosphoric acid groups is 1. The van der Waals surface area contributed by atoms with Gasteiger partial charge in [0.1, 0.15) is 28.2 Å². The van der Waals surface area contributed by atoms with Crippen LogP contribution in [0.4, 0.5) is 0 Å². The monoisotopic (exact) mass is 482 g/mol. The molecule has 0 bridgehead atoms. The number of hydrogen-bond donors (Lipinski definition) is 4. The number of halogens is 1. The molecule has 9 nitrogen and oxygen atoms in total. The van der Waals surface area contributed by atoms with Crippen molar-refractivity contribution >= 4 is 30.4 Å². The van der Waals surface area contributed by atoms with Crippen molar-refractivity contribution in [3.8, 4) is 22.8 Å². The second-order valence-corrected chi connectivity index (χ2v) is 9.17. The van der Waals surface area contributed by atoms with Gasteiger partial charge in [-0.2, -0.15) is 0 Å². The van der Waals surface area contributed by atoms with Crippen LogP contribution in [-0.2, 0) is 9.09 Å². The molecule has 0 spiro atoms. The first-order valence-electron chi connectivity index (χ1n) is 10.1. The minimum atomic E-state index is -5.01. The first kappa shape index (κ1) is 21.5. The predicted molar refractivity (Wildman–Crippen MR) is 118 cm³/mol. The normalized spacial score (nSPS) is 22.8. The van der Waals surface area contributed by atoms with Crippen LogP contribution in [0.15, 0.2) is 45.6 Å². The molecule has 2 unspecified atom stereocenters. The molecule has 4 N–H and O–H groups in total. The Bertz CT molecular complexity index is 1340. The van der Waals surface area contributed by atoms with Crippen LogP contribution < -0.4 is 5.43 Å². The molecule has 1 aliphatic rings. The molecule has 11 heteroatoms. The van der Waals surface area contributed by atoms with Gasteiger partial charge in [0.2, 0.25) is 0 Å². The van der Waals surface area contributed by atoms with Crippen LogP contribution in [0.5, 0.6) is 11.5 Å². The summed E-state index contributed by atoms with van der Waals surface area (Å²) in [5.74, 6) is -3.01. The minimum Gasteiger partial charge on any atom is -0.507 e. The summed E-state index contributed by atoms with van der Waals surface area (Å²) in [5.41, 5.74) is -0.770. The number of likely N-dealkylation sites (N-methyl/N-ethyl adjacent to an activating group) is 1. The molecular weight excluding hydrogens is 461 g/mol. The van der Waals surface area contributed by atoms with Gasteiger partial charge in [-0.3, -0.25) is 9.32 Å². The smallest absolute Gasteiger partial charge is 0.469 e. The Morgan fingerprint density at radius 2 is 1.97 bits per heavy atom. The van der Waals surface area contributed by atoms with E-state index in [9.17, 15) is 29.4 Å². The molecule has 170 valence electrons. The highest BCUT2D eigenvalue weighted by Crippen LogP contribution is 2.47. The lowest BCUT2D eigenvalue weighted by Gasteiger charge is -2.36. The zero-order chi connectivity index (χ0) is 24.1. The molecule has 2 aromatic carbocycles.